The first kappa shape index (κ1) is 12.6. The standard InChI is InChI=1S/C15H13F2N3/c1-8-4-3-5-12-14(8)19-15(18)20(12)13-7-10(16)9(2)6-11(13)17/h3-7H,1-2H3,(H2,18,19). The van der Waals surface area contributed by atoms with Gasteiger partial charge in [-0.3, -0.25) is 4.57 Å². The van der Waals surface area contributed by atoms with E-state index in [1.165, 1.54) is 11.5 Å². The molecule has 0 saturated heterocycles. The molecule has 20 heavy (non-hydrogen) atoms. The summed E-state index contributed by atoms with van der Waals surface area (Å²) in [6.45, 7) is 3.41. The second-order valence-corrected chi connectivity index (χ2v) is 4.80. The van der Waals surface area contributed by atoms with Gasteiger partial charge >= 0.3 is 0 Å². The van der Waals surface area contributed by atoms with Gasteiger partial charge in [0.1, 0.15) is 11.6 Å². The summed E-state index contributed by atoms with van der Waals surface area (Å²) in [5, 5.41) is 0. The lowest BCUT2D eigenvalue weighted by Crippen LogP contribution is -2.04. The molecule has 2 aromatic carbocycles. The lowest BCUT2D eigenvalue weighted by Gasteiger charge is -2.09. The average molecular weight is 273 g/mol. The number of imidazole rings is 1. The van der Waals surface area contributed by atoms with E-state index in [0.29, 0.717) is 11.0 Å². The Morgan fingerprint density at radius 3 is 2.55 bits per heavy atom. The quantitative estimate of drug-likeness (QED) is 0.737. The zero-order valence-electron chi connectivity index (χ0n) is 11.1. The van der Waals surface area contributed by atoms with Gasteiger partial charge in [0.2, 0.25) is 5.95 Å². The smallest absolute Gasteiger partial charge is 0.206 e. The third-order valence-electron chi connectivity index (χ3n) is 3.38. The van der Waals surface area contributed by atoms with E-state index in [4.69, 9.17) is 5.73 Å². The van der Waals surface area contributed by atoms with Crippen molar-refractivity contribution in [3.05, 3.63) is 53.1 Å². The van der Waals surface area contributed by atoms with Crippen LogP contribution in [-0.2, 0) is 0 Å². The second kappa shape index (κ2) is 4.30. The van der Waals surface area contributed by atoms with E-state index in [-0.39, 0.29) is 17.2 Å². The summed E-state index contributed by atoms with van der Waals surface area (Å²) in [4.78, 5) is 4.23. The second-order valence-electron chi connectivity index (χ2n) is 4.80. The molecule has 3 aromatic rings. The molecular weight excluding hydrogens is 260 g/mol. The number of anilines is 1. The minimum absolute atomic E-state index is 0.0682. The summed E-state index contributed by atoms with van der Waals surface area (Å²) in [5.74, 6) is -0.872. The summed E-state index contributed by atoms with van der Waals surface area (Å²) in [5.41, 5.74) is 8.47. The van der Waals surface area contributed by atoms with Crippen molar-refractivity contribution in [1.82, 2.24) is 9.55 Å². The lowest BCUT2D eigenvalue weighted by atomic mass is 10.2. The van der Waals surface area contributed by atoms with E-state index in [0.717, 1.165) is 17.7 Å². The fourth-order valence-corrected chi connectivity index (χ4v) is 2.32. The monoisotopic (exact) mass is 273 g/mol. The van der Waals surface area contributed by atoms with Gasteiger partial charge in [0, 0.05) is 6.07 Å². The van der Waals surface area contributed by atoms with E-state index >= 15 is 0 Å². The molecule has 2 N–H and O–H groups in total. The molecule has 1 aromatic heterocycles. The highest BCUT2D eigenvalue weighted by Gasteiger charge is 2.16. The summed E-state index contributed by atoms with van der Waals surface area (Å²) in [6, 6.07) is 7.81. The third-order valence-corrected chi connectivity index (χ3v) is 3.38. The number of nitrogen functional groups attached to an aromatic ring is 1. The number of hydrogen-bond donors (Lipinski definition) is 1. The van der Waals surface area contributed by atoms with Gasteiger partial charge in [-0.2, -0.15) is 0 Å². The number of aromatic nitrogens is 2. The molecule has 0 fully saturated rings. The van der Waals surface area contributed by atoms with Crippen molar-refractivity contribution in [3.63, 3.8) is 0 Å². The van der Waals surface area contributed by atoms with Crippen molar-refractivity contribution in [2.24, 2.45) is 0 Å². The maximum Gasteiger partial charge on any atom is 0.206 e. The lowest BCUT2D eigenvalue weighted by molar-refractivity contribution is 0.587. The zero-order chi connectivity index (χ0) is 14.4. The fourth-order valence-electron chi connectivity index (χ4n) is 2.32. The van der Waals surface area contributed by atoms with Gasteiger partial charge in [0.25, 0.3) is 0 Å². The highest BCUT2D eigenvalue weighted by Crippen LogP contribution is 2.27. The van der Waals surface area contributed by atoms with Crippen molar-refractivity contribution in [2.75, 3.05) is 5.73 Å². The number of fused-ring (bicyclic) bond motifs is 1. The van der Waals surface area contributed by atoms with Crippen LogP contribution in [0.5, 0.6) is 0 Å². The van der Waals surface area contributed by atoms with Crippen molar-refractivity contribution >= 4 is 17.0 Å². The van der Waals surface area contributed by atoms with E-state index < -0.39 is 11.6 Å². The van der Waals surface area contributed by atoms with Crippen LogP contribution in [0.1, 0.15) is 11.1 Å². The number of nitrogens with zero attached hydrogens (tertiary/aromatic N) is 2. The minimum atomic E-state index is -0.531. The van der Waals surface area contributed by atoms with Crippen LogP contribution < -0.4 is 5.73 Å². The van der Waals surface area contributed by atoms with E-state index in [1.54, 1.807) is 6.07 Å². The van der Waals surface area contributed by atoms with Gasteiger partial charge < -0.3 is 5.73 Å². The van der Waals surface area contributed by atoms with Gasteiger partial charge in [-0.1, -0.05) is 12.1 Å². The van der Waals surface area contributed by atoms with Crippen LogP contribution >= 0.6 is 0 Å². The average Bonchev–Trinajstić information content (AvgIpc) is 2.72. The van der Waals surface area contributed by atoms with Crippen molar-refractivity contribution in [2.45, 2.75) is 13.8 Å². The predicted octanol–water partition coefficient (Wildman–Crippen LogP) is 3.50. The summed E-state index contributed by atoms with van der Waals surface area (Å²) in [6.07, 6.45) is 0. The van der Waals surface area contributed by atoms with E-state index in [9.17, 15) is 8.78 Å². The molecule has 3 rings (SSSR count). The van der Waals surface area contributed by atoms with Crippen molar-refractivity contribution < 1.29 is 8.78 Å². The van der Waals surface area contributed by atoms with Gasteiger partial charge in [-0.25, -0.2) is 13.8 Å². The molecule has 0 radical (unpaired) electrons. The third kappa shape index (κ3) is 1.74. The molecule has 0 amide bonds. The predicted molar refractivity (Wildman–Crippen MR) is 74.9 cm³/mol. The van der Waals surface area contributed by atoms with Gasteiger partial charge in [-0.15, -0.1) is 0 Å². The fraction of sp³-hybridized carbons (Fsp3) is 0.133. The first-order valence-electron chi connectivity index (χ1n) is 6.18. The van der Waals surface area contributed by atoms with Crippen LogP contribution in [0, 0.1) is 25.5 Å². The number of halogens is 2. The van der Waals surface area contributed by atoms with Crippen LogP contribution in [0.4, 0.5) is 14.7 Å². The molecule has 0 aliphatic rings. The Labute approximate surface area is 114 Å². The first-order valence-corrected chi connectivity index (χ1v) is 6.18. The molecule has 3 nitrogen and oxygen atoms in total. The highest BCUT2D eigenvalue weighted by molar-refractivity contribution is 5.83. The first-order chi connectivity index (χ1) is 9.49. The maximum atomic E-state index is 14.1. The Bertz CT molecular complexity index is 822. The number of aryl methyl sites for hydroxylation is 2. The van der Waals surface area contributed by atoms with Crippen LogP contribution in [0.15, 0.2) is 30.3 Å². The largest absolute Gasteiger partial charge is 0.369 e. The zero-order valence-corrected chi connectivity index (χ0v) is 11.1. The molecule has 0 bridgehead atoms. The molecule has 5 heteroatoms. The molecule has 1 heterocycles. The van der Waals surface area contributed by atoms with Crippen molar-refractivity contribution in [1.29, 1.82) is 0 Å². The molecule has 0 aliphatic heterocycles. The number of hydrogen-bond acceptors (Lipinski definition) is 2. The summed E-state index contributed by atoms with van der Waals surface area (Å²) < 4.78 is 29.3. The topological polar surface area (TPSA) is 43.8 Å². The minimum Gasteiger partial charge on any atom is -0.369 e. The maximum absolute atomic E-state index is 14.1. The Morgan fingerprint density at radius 2 is 1.80 bits per heavy atom. The highest BCUT2D eigenvalue weighted by atomic mass is 19.1. The Kier molecular flexibility index (Phi) is 2.71. The number of para-hydroxylation sites is 1. The number of benzene rings is 2. The van der Waals surface area contributed by atoms with Crippen LogP contribution in [0.3, 0.4) is 0 Å². The molecule has 0 spiro atoms. The van der Waals surface area contributed by atoms with Crippen LogP contribution in [0.2, 0.25) is 0 Å². The summed E-state index contributed by atoms with van der Waals surface area (Å²) >= 11 is 0. The molecule has 0 atom stereocenters. The SMILES string of the molecule is Cc1cc(F)c(-n2c(N)nc3c(C)cccc32)cc1F. The van der Waals surface area contributed by atoms with E-state index in [1.807, 2.05) is 19.1 Å². The van der Waals surface area contributed by atoms with Gasteiger partial charge in [0.15, 0.2) is 0 Å². The molecule has 0 saturated carbocycles. The Morgan fingerprint density at radius 1 is 1.05 bits per heavy atom. The number of nitrogens with two attached hydrogens (primary N) is 1. The normalized spacial score (nSPS) is 11.2. The Balaban J connectivity index is 2.38. The van der Waals surface area contributed by atoms with Crippen LogP contribution in [0.25, 0.3) is 16.7 Å². The molecule has 0 aliphatic carbocycles. The summed E-state index contributed by atoms with van der Waals surface area (Å²) in [7, 11) is 0. The molecule has 0 unspecified atom stereocenters. The van der Waals surface area contributed by atoms with Crippen LogP contribution in [-0.4, -0.2) is 9.55 Å². The van der Waals surface area contributed by atoms with E-state index in [2.05, 4.69) is 4.98 Å². The van der Waals surface area contributed by atoms with Gasteiger partial charge in [-0.05, 0) is 37.1 Å². The number of rotatable bonds is 1. The van der Waals surface area contributed by atoms with Crippen molar-refractivity contribution in [3.8, 4) is 5.69 Å². The van der Waals surface area contributed by atoms with Gasteiger partial charge in [0.05, 0.1) is 16.7 Å². The molecule has 102 valence electrons. The Hall–Kier alpha value is -2.43. The molecular formula is C15H13F2N3.